The monoisotopic (exact) mass is 485 g/mol. The van der Waals surface area contributed by atoms with Crippen molar-refractivity contribution in [2.24, 2.45) is 17.8 Å². The molecule has 5 rings (SSSR count). The van der Waals surface area contributed by atoms with Gasteiger partial charge < -0.3 is 15.1 Å². The number of amides is 2. The zero-order chi connectivity index (χ0) is 25.1. The van der Waals surface area contributed by atoms with Gasteiger partial charge in [0.05, 0.1) is 6.04 Å². The Morgan fingerprint density at radius 1 is 1.03 bits per heavy atom. The van der Waals surface area contributed by atoms with Crippen molar-refractivity contribution >= 4 is 11.8 Å². The summed E-state index contributed by atoms with van der Waals surface area (Å²) in [5.41, 5.74) is 10.3. The first kappa shape index (κ1) is 24.8. The molecule has 3 atom stereocenters. The second kappa shape index (κ2) is 11.0. The molecule has 0 bridgehead atoms. The third-order valence-electron chi connectivity index (χ3n) is 8.62. The number of carbonyl (C=O) groups is 2. The highest BCUT2D eigenvalue weighted by Crippen LogP contribution is 2.33. The van der Waals surface area contributed by atoms with Crippen LogP contribution in [-0.4, -0.2) is 60.4 Å². The minimum atomic E-state index is -0.0283. The molecule has 0 radical (unpaired) electrons. The standard InChI is InChI=1S/C31H39N3O2/c1-22-10-9-11-23(2)29(22)31(36)34-20-26-18-33(19-27(26)21-34)17-16-28(24-12-5-3-6-13-24)32-30(35)25-14-7-4-8-15-25/h3,5,9-12,25-28H,4,7-8,14-21H2,1-2H3,(H,32,35)/t26-,27?,28?/m0/s1. The van der Waals surface area contributed by atoms with Crippen molar-refractivity contribution in [2.75, 3.05) is 32.7 Å². The number of nitrogens with zero attached hydrogens (tertiary/aromatic N) is 2. The van der Waals surface area contributed by atoms with Crippen LogP contribution in [0.2, 0.25) is 0 Å². The molecule has 1 aromatic carbocycles. The summed E-state index contributed by atoms with van der Waals surface area (Å²) in [5.74, 6) is 1.61. The fourth-order valence-electron chi connectivity index (χ4n) is 6.59. The van der Waals surface area contributed by atoms with Crippen LogP contribution in [0.4, 0.5) is 0 Å². The van der Waals surface area contributed by atoms with Gasteiger partial charge in [-0.25, -0.2) is 0 Å². The van der Waals surface area contributed by atoms with Crippen molar-refractivity contribution < 1.29 is 9.59 Å². The van der Waals surface area contributed by atoms with Gasteiger partial charge in [0.25, 0.3) is 5.91 Å². The summed E-state index contributed by atoms with van der Waals surface area (Å²) in [6.07, 6.45) is 12.4. The molecule has 5 heteroatoms. The lowest BCUT2D eigenvalue weighted by Crippen LogP contribution is -2.42. The third-order valence-corrected chi connectivity index (χ3v) is 8.62. The van der Waals surface area contributed by atoms with E-state index in [1.54, 1.807) is 0 Å². The van der Waals surface area contributed by atoms with Crippen LogP contribution in [0.5, 0.6) is 0 Å². The van der Waals surface area contributed by atoms with Gasteiger partial charge in [0.2, 0.25) is 5.91 Å². The summed E-state index contributed by atoms with van der Waals surface area (Å²) in [7, 11) is 0. The highest BCUT2D eigenvalue weighted by atomic mass is 16.2. The zero-order valence-electron chi connectivity index (χ0n) is 21.8. The number of allylic oxidation sites excluding steroid dienone is 2. The summed E-state index contributed by atoms with van der Waals surface area (Å²) >= 11 is 0. The number of benzene rings is 1. The Morgan fingerprint density at radius 3 is 2.36 bits per heavy atom. The summed E-state index contributed by atoms with van der Waals surface area (Å²) < 4.78 is 0. The van der Waals surface area contributed by atoms with Gasteiger partial charge in [-0.1, -0.05) is 55.0 Å². The lowest BCUT2D eigenvalue weighted by atomic mass is 9.88. The number of carbonyl (C=O) groups excluding carboxylic acids is 2. The molecule has 3 fully saturated rings. The van der Waals surface area contributed by atoms with E-state index in [0.29, 0.717) is 11.8 Å². The number of likely N-dealkylation sites (tertiary alicyclic amines) is 2. The molecule has 1 N–H and O–H groups in total. The first-order chi connectivity index (χ1) is 17.5. The molecule has 36 heavy (non-hydrogen) atoms. The lowest BCUT2D eigenvalue weighted by molar-refractivity contribution is -0.126. The first-order valence-corrected chi connectivity index (χ1v) is 13.8. The predicted molar refractivity (Wildman–Crippen MR) is 143 cm³/mol. The lowest BCUT2D eigenvalue weighted by Gasteiger charge is -2.27. The number of fused-ring (bicyclic) bond motifs is 1. The van der Waals surface area contributed by atoms with Crippen LogP contribution in [0.1, 0.15) is 60.0 Å². The topological polar surface area (TPSA) is 52.7 Å². The van der Waals surface area contributed by atoms with Crippen LogP contribution in [0.25, 0.3) is 0 Å². The fraction of sp³-hybridized carbons (Fsp3) is 0.548. The molecule has 0 aromatic heterocycles. The van der Waals surface area contributed by atoms with Crippen molar-refractivity contribution in [1.29, 1.82) is 0 Å². The Morgan fingerprint density at radius 2 is 1.72 bits per heavy atom. The average molecular weight is 486 g/mol. The van der Waals surface area contributed by atoms with Gasteiger partial charge in [-0.05, 0) is 68.2 Å². The van der Waals surface area contributed by atoms with Crippen LogP contribution in [-0.2, 0) is 4.79 Å². The zero-order valence-corrected chi connectivity index (χ0v) is 21.8. The normalized spacial score (nSPS) is 24.6. The maximum absolute atomic E-state index is 13.3. The highest BCUT2D eigenvalue weighted by molar-refractivity contribution is 5.97. The quantitative estimate of drug-likeness (QED) is 0.576. The van der Waals surface area contributed by atoms with E-state index in [2.05, 4.69) is 32.7 Å². The highest BCUT2D eigenvalue weighted by Gasteiger charge is 2.42. The molecule has 2 amide bonds. The molecule has 4 aliphatic rings. The van der Waals surface area contributed by atoms with Gasteiger partial charge in [-0.3, -0.25) is 9.59 Å². The molecule has 0 spiro atoms. The maximum Gasteiger partial charge on any atom is 0.254 e. The molecule has 2 unspecified atom stereocenters. The average Bonchev–Trinajstić information content (AvgIpc) is 3.46. The number of nitrogens with one attached hydrogen (secondary N) is 1. The van der Waals surface area contributed by atoms with E-state index in [1.807, 2.05) is 44.2 Å². The van der Waals surface area contributed by atoms with Gasteiger partial charge in [0.15, 0.2) is 0 Å². The van der Waals surface area contributed by atoms with Gasteiger partial charge >= 0.3 is 0 Å². The number of hydrogen-bond donors (Lipinski definition) is 1. The smallest absolute Gasteiger partial charge is 0.254 e. The van der Waals surface area contributed by atoms with Crippen molar-refractivity contribution in [3.63, 3.8) is 0 Å². The van der Waals surface area contributed by atoms with Crippen molar-refractivity contribution in [3.8, 4) is 0 Å². The largest absolute Gasteiger partial charge is 0.348 e. The second-order valence-electron chi connectivity index (χ2n) is 11.2. The molecule has 2 saturated heterocycles. The molecule has 5 nitrogen and oxygen atoms in total. The summed E-state index contributed by atoms with van der Waals surface area (Å²) in [6.45, 7) is 8.74. The van der Waals surface area contributed by atoms with E-state index in [4.69, 9.17) is 0 Å². The number of aryl methyl sites for hydroxylation is 2. The minimum absolute atomic E-state index is 0.0283. The fourth-order valence-corrected chi connectivity index (χ4v) is 6.59. The van der Waals surface area contributed by atoms with Crippen molar-refractivity contribution in [2.45, 2.75) is 58.4 Å². The third kappa shape index (κ3) is 5.44. The van der Waals surface area contributed by atoms with Crippen LogP contribution < -0.4 is 5.32 Å². The Labute approximate surface area is 215 Å². The van der Waals surface area contributed by atoms with Crippen LogP contribution in [0.15, 0.2) is 53.5 Å². The van der Waals surface area contributed by atoms with Crippen LogP contribution in [0.3, 0.4) is 0 Å². The van der Waals surface area contributed by atoms with Gasteiger partial charge in [0.1, 0.15) is 0 Å². The summed E-state index contributed by atoms with van der Waals surface area (Å²) in [4.78, 5) is 30.9. The molecular formula is C31H39N3O2. The minimum Gasteiger partial charge on any atom is -0.348 e. The Bertz CT molecular complexity index is 1100. The van der Waals surface area contributed by atoms with Crippen molar-refractivity contribution in [3.05, 3.63) is 70.2 Å². The van der Waals surface area contributed by atoms with E-state index in [1.165, 1.54) is 6.42 Å². The molecule has 1 aromatic rings. The van der Waals surface area contributed by atoms with Crippen molar-refractivity contribution in [1.82, 2.24) is 15.1 Å². The molecule has 190 valence electrons. The Balaban J connectivity index is 1.17. The molecule has 2 heterocycles. The summed E-state index contributed by atoms with van der Waals surface area (Å²) in [5, 5.41) is 3.36. The molecular weight excluding hydrogens is 446 g/mol. The second-order valence-corrected chi connectivity index (χ2v) is 11.2. The van der Waals surface area contributed by atoms with Gasteiger partial charge in [-0.15, -0.1) is 0 Å². The summed E-state index contributed by atoms with van der Waals surface area (Å²) in [6, 6.07) is 6.06. The Kier molecular flexibility index (Phi) is 7.62. The Hall–Kier alpha value is -2.84. The maximum atomic E-state index is 13.3. The SMILES string of the molecule is Cc1cccc(C)c1C(=O)N1CC2CN(CCC(NC(=O)C3CCCCC3)C3=C=C=CC=C3)C[C@H]2C1. The van der Waals surface area contributed by atoms with E-state index in [-0.39, 0.29) is 23.8 Å². The van der Waals surface area contributed by atoms with E-state index < -0.39 is 0 Å². The molecule has 1 saturated carbocycles. The van der Waals surface area contributed by atoms with E-state index >= 15 is 0 Å². The van der Waals surface area contributed by atoms with E-state index in [0.717, 1.165) is 87.1 Å². The number of hydrogen-bond acceptors (Lipinski definition) is 3. The van der Waals surface area contributed by atoms with Gasteiger partial charge in [0, 0.05) is 49.8 Å². The molecule has 2 aliphatic carbocycles. The number of rotatable bonds is 7. The van der Waals surface area contributed by atoms with Crippen LogP contribution >= 0.6 is 0 Å². The van der Waals surface area contributed by atoms with E-state index in [9.17, 15) is 9.59 Å². The van der Waals surface area contributed by atoms with Gasteiger partial charge in [-0.2, -0.15) is 0 Å². The first-order valence-electron chi connectivity index (χ1n) is 13.8. The molecule has 2 aliphatic heterocycles. The predicted octanol–water partition coefficient (Wildman–Crippen LogP) is 4.57. The van der Waals surface area contributed by atoms with Crippen LogP contribution in [0, 0.1) is 31.6 Å².